The molecule has 2 N–H and O–H groups in total. The van der Waals surface area contributed by atoms with Crippen molar-refractivity contribution in [1.82, 2.24) is 15.5 Å². The zero-order valence-electron chi connectivity index (χ0n) is 13.1. The van der Waals surface area contributed by atoms with Gasteiger partial charge in [0.2, 0.25) is 21.7 Å². The van der Waals surface area contributed by atoms with Crippen LogP contribution in [-0.2, 0) is 16.6 Å². The molecule has 1 aromatic carbocycles. The standard InChI is InChI=1S/C15H14N4O4S2/c1-25(21,22)19-11-6-4-10(5-7-11)15(20)16-9-13-17-14(18-23-13)12-3-2-8-24-12/h2-8,19H,9H2,1H3,(H,16,20). The first-order valence-electron chi connectivity index (χ1n) is 7.13. The molecular formula is C15H14N4O4S2. The average molecular weight is 378 g/mol. The van der Waals surface area contributed by atoms with E-state index in [2.05, 4.69) is 20.2 Å². The van der Waals surface area contributed by atoms with Crippen LogP contribution in [0.15, 0.2) is 46.3 Å². The summed E-state index contributed by atoms with van der Waals surface area (Å²) in [6, 6.07) is 9.83. The Kier molecular flexibility index (Phi) is 4.81. The average Bonchev–Trinajstić information content (AvgIpc) is 3.23. The summed E-state index contributed by atoms with van der Waals surface area (Å²) < 4.78 is 29.7. The first-order valence-corrected chi connectivity index (χ1v) is 9.90. The van der Waals surface area contributed by atoms with E-state index in [1.165, 1.54) is 35.6 Å². The van der Waals surface area contributed by atoms with E-state index in [4.69, 9.17) is 4.52 Å². The van der Waals surface area contributed by atoms with Gasteiger partial charge in [-0.05, 0) is 35.7 Å². The fourth-order valence-electron chi connectivity index (χ4n) is 1.99. The largest absolute Gasteiger partial charge is 0.343 e. The molecule has 0 aliphatic carbocycles. The lowest BCUT2D eigenvalue weighted by Gasteiger charge is -2.05. The van der Waals surface area contributed by atoms with Crippen LogP contribution >= 0.6 is 11.3 Å². The van der Waals surface area contributed by atoms with Crippen LogP contribution in [0, 0.1) is 0 Å². The molecule has 0 saturated heterocycles. The topological polar surface area (TPSA) is 114 Å². The van der Waals surface area contributed by atoms with Gasteiger partial charge in [0, 0.05) is 11.3 Å². The Bertz CT molecular complexity index is 963. The monoisotopic (exact) mass is 378 g/mol. The van der Waals surface area contributed by atoms with Crippen molar-refractivity contribution in [3.63, 3.8) is 0 Å². The van der Waals surface area contributed by atoms with Crippen molar-refractivity contribution >= 4 is 33.0 Å². The number of hydrogen-bond donors (Lipinski definition) is 2. The van der Waals surface area contributed by atoms with Crippen LogP contribution in [-0.4, -0.2) is 30.7 Å². The number of hydrogen-bond acceptors (Lipinski definition) is 7. The third-order valence-corrected chi connectivity index (χ3v) is 4.53. The highest BCUT2D eigenvalue weighted by atomic mass is 32.2. The molecule has 0 bridgehead atoms. The molecule has 10 heteroatoms. The van der Waals surface area contributed by atoms with Gasteiger partial charge in [-0.3, -0.25) is 9.52 Å². The third-order valence-electron chi connectivity index (χ3n) is 3.06. The molecule has 2 heterocycles. The van der Waals surface area contributed by atoms with E-state index < -0.39 is 10.0 Å². The molecule has 0 aliphatic heterocycles. The van der Waals surface area contributed by atoms with Crippen LogP contribution in [0.2, 0.25) is 0 Å². The maximum atomic E-state index is 12.1. The number of thiophene rings is 1. The Morgan fingerprint density at radius 3 is 2.64 bits per heavy atom. The van der Waals surface area contributed by atoms with E-state index in [0.717, 1.165) is 11.1 Å². The molecule has 0 atom stereocenters. The summed E-state index contributed by atoms with van der Waals surface area (Å²) in [6.07, 6.45) is 1.06. The van der Waals surface area contributed by atoms with Crippen LogP contribution in [0.3, 0.4) is 0 Å². The van der Waals surface area contributed by atoms with E-state index in [0.29, 0.717) is 23.0 Å². The van der Waals surface area contributed by atoms with Crippen LogP contribution < -0.4 is 10.0 Å². The number of aromatic nitrogens is 2. The van der Waals surface area contributed by atoms with Crippen LogP contribution in [0.1, 0.15) is 16.2 Å². The van der Waals surface area contributed by atoms with Gasteiger partial charge in [0.25, 0.3) is 5.91 Å². The van der Waals surface area contributed by atoms with Gasteiger partial charge in [0.15, 0.2) is 0 Å². The minimum Gasteiger partial charge on any atom is -0.343 e. The number of carbonyl (C=O) groups is 1. The van der Waals surface area contributed by atoms with Crippen LogP contribution in [0.4, 0.5) is 5.69 Å². The zero-order chi connectivity index (χ0) is 17.9. The molecule has 0 spiro atoms. The van der Waals surface area contributed by atoms with Gasteiger partial charge in [0.1, 0.15) is 0 Å². The normalized spacial score (nSPS) is 11.2. The van der Waals surface area contributed by atoms with Gasteiger partial charge >= 0.3 is 0 Å². The molecule has 0 saturated carbocycles. The lowest BCUT2D eigenvalue weighted by molar-refractivity contribution is 0.0946. The summed E-state index contributed by atoms with van der Waals surface area (Å²) in [4.78, 5) is 17.2. The Morgan fingerprint density at radius 2 is 2.00 bits per heavy atom. The van der Waals surface area contributed by atoms with Gasteiger partial charge < -0.3 is 9.84 Å². The molecule has 8 nitrogen and oxygen atoms in total. The Balaban J connectivity index is 1.59. The van der Waals surface area contributed by atoms with Crippen molar-refractivity contribution in [2.24, 2.45) is 0 Å². The molecule has 0 unspecified atom stereocenters. The fraction of sp³-hybridized carbons (Fsp3) is 0.133. The van der Waals surface area contributed by atoms with Crippen LogP contribution in [0.25, 0.3) is 10.7 Å². The SMILES string of the molecule is CS(=O)(=O)Nc1ccc(C(=O)NCc2nc(-c3cccs3)no2)cc1. The highest BCUT2D eigenvalue weighted by Gasteiger charge is 2.12. The Morgan fingerprint density at radius 1 is 1.24 bits per heavy atom. The fourth-order valence-corrected chi connectivity index (χ4v) is 3.21. The molecule has 3 aromatic rings. The summed E-state index contributed by atoms with van der Waals surface area (Å²) in [5.41, 5.74) is 0.772. The number of rotatable bonds is 6. The van der Waals surface area contributed by atoms with Gasteiger partial charge in [-0.15, -0.1) is 11.3 Å². The summed E-state index contributed by atoms with van der Waals surface area (Å²) >= 11 is 1.49. The van der Waals surface area contributed by atoms with Gasteiger partial charge in [-0.25, -0.2) is 8.42 Å². The number of amides is 1. The molecule has 25 heavy (non-hydrogen) atoms. The van der Waals surface area contributed by atoms with E-state index in [9.17, 15) is 13.2 Å². The molecule has 0 radical (unpaired) electrons. The zero-order valence-corrected chi connectivity index (χ0v) is 14.7. The number of anilines is 1. The van der Waals surface area contributed by atoms with Crippen LogP contribution in [0.5, 0.6) is 0 Å². The van der Waals surface area contributed by atoms with E-state index >= 15 is 0 Å². The van der Waals surface area contributed by atoms with E-state index in [1.54, 1.807) is 0 Å². The maximum absolute atomic E-state index is 12.1. The Labute approximate surface area is 147 Å². The highest BCUT2D eigenvalue weighted by Crippen LogP contribution is 2.21. The third kappa shape index (κ3) is 4.64. The van der Waals surface area contributed by atoms with Crippen molar-refractivity contribution in [3.8, 4) is 10.7 Å². The quantitative estimate of drug-likeness (QED) is 0.679. The molecule has 0 aliphatic rings. The first-order chi connectivity index (χ1) is 11.9. The van der Waals surface area contributed by atoms with E-state index in [-0.39, 0.29) is 12.5 Å². The number of benzene rings is 1. The maximum Gasteiger partial charge on any atom is 0.251 e. The number of carbonyl (C=O) groups excluding carboxylic acids is 1. The predicted molar refractivity (Wildman–Crippen MR) is 93.7 cm³/mol. The second-order valence-electron chi connectivity index (χ2n) is 5.12. The van der Waals surface area contributed by atoms with Gasteiger partial charge in [-0.2, -0.15) is 4.98 Å². The summed E-state index contributed by atoms with van der Waals surface area (Å²) in [6.45, 7) is 0.0978. The molecular weight excluding hydrogens is 364 g/mol. The molecule has 1 amide bonds. The molecule has 3 rings (SSSR count). The lowest BCUT2D eigenvalue weighted by atomic mass is 10.2. The van der Waals surface area contributed by atoms with Gasteiger partial charge in [-0.1, -0.05) is 11.2 Å². The molecule has 130 valence electrons. The predicted octanol–water partition coefficient (Wildman–Crippen LogP) is 2.10. The van der Waals surface area contributed by atoms with Crippen molar-refractivity contribution in [2.45, 2.75) is 6.54 Å². The first kappa shape index (κ1) is 17.1. The summed E-state index contributed by atoms with van der Waals surface area (Å²) in [5.74, 6) is 0.448. The minimum absolute atomic E-state index is 0.0978. The van der Waals surface area contributed by atoms with Crippen molar-refractivity contribution in [1.29, 1.82) is 0 Å². The van der Waals surface area contributed by atoms with Crippen molar-refractivity contribution in [3.05, 3.63) is 53.2 Å². The lowest BCUT2D eigenvalue weighted by Crippen LogP contribution is -2.23. The van der Waals surface area contributed by atoms with Gasteiger partial charge in [0.05, 0.1) is 17.7 Å². The second kappa shape index (κ2) is 7.03. The second-order valence-corrected chi connectivity index (χ2v) is 7.82. The smallest absolute Gasteiger partial charge is 0.251 e. The minimum atomic E-state index is -3.35. The molecule has 0 fully saturated rings. The van der Waals surface area contributed by atoms with E-state index in [1.807, 2.05) is 17.5 Å². The summed E-state index contributed by atoms with van der Waals surface area (Å²) in [5, 5.41) is 8.45. The Hall–Kier alpha value is -2.72. The van der Waals surface area contributed by atoms with Crippen molar-refractivity contribution < 1.29 is 17.7 Å². The van der Waals surface area contributed by atoms with Crippen molar-refractivity contribution in [2.75, 3.05) is 11.0 Å². The highest BCUT2D eigenvalue weighted by molar-refractivity contribution is 7.92. The molecule has 2 aromatic heterocycles. The number of nitrogens with one attached hydrogen (secondary N) is 2. The summed E-state index contributed by atoms with van der Waals surface area (Å²) in [7, 11) is -3.35. The number of nitrogens with zero attached hydrogens (tertiary/aromatic N) is 2. The number of sulfonamides is 1.